The van der Waals surface area contributed by atoms with Crippen molar-refractivity contribution in [2.75, 3.05) is 0 Å². The number of H-pyrrole nitrogens is 1. The summed E-state index contributed by atoms with van der Waals surface area (Å²) in [5.74, 6) is -2.38. The fraction of sp³-hybridized carbons (Fsp3) is 0.500. The second-order valence-electron chi connectivity index (χ2n) is 4.82. The van der Waals surface area contributed by atoms with E-state index in [4.69, 9.17) is 0 Å². The monoisotopic (exact) mass is 253 g/mol. The quantitative estimate of drug-likeness (QED) is 0.891. The molecular formula is C12H13F2N3O. The number of nitrogens with zero attached hydrogens (tertiary/aromatic N) is 2. The SMILES string of the molecule is CCc1cc(=O)n2[nH]c(C3CC(F)(F)C3)nc2c1. The minimum absolute atomic E-state index is 0.192. The largest absolute Gasteiger partial charge is 0.276 e. The molecule has 0 saturated heterocycles. The molecule has 2 heterocycles. The van der Waals surface area contributed by atoms with Crippen molar-refractivity contribution in [2.24, 2.45) is 0 Å². The Hall–Kier alpha value is -1.72. The van der Waals surface area contributed by atoms with Crippen molar-refractivity contribution in [3.63, 3.8) is 0 Å². The Morgan fingerprint density at radius 1 is 1.50 bits per heavy atom. The maximum Gasteiger partial charge on any atom is 0.271 e. The van der Waals surface area contributed by atoms with E-state index in [9.17, 15) is 13.6 Å². The van der Waals surface area contributed by atoms with Crippen molar-refractivity contribution < 1.29 is 8.78 Å². The van der Waals surface area contributed by atoms with Gasteiger partial charge in [-0.25, -0.2) is 18.3 Å². The van der Waals surface area contributed by atoms with Crippen molar-refractivity contribution in [3.8, 4) is 0 Å². The van der Waals surface area contributed by atoms with Gasteiger partial charge in [-0.05, 0) is 18.1 Å². The molecule has 96 valence electrons. The van der Waals surface area contributed by atoms with E-state index >= 15 is 0 Å². The maximum absolute atomic E-state index is 12.8. The zero-order chi connectivity index (χ0) is 12.9. The highest BCUT2D eigenvalue weighted by Crippen LogP contribution is 2.47. The van der Waals surface area contributed by atoms with E-state index in [0.29, 0.717) is 11.5 Å². The van der Waals surface area contributed by atoms with Gasteiger partial charge in [0.25, 0.3) is 5.56 Å². The number of hydrogen-bond acceptors (Lipinski definition) is 2. The van der Waals surface area contributed by atoms with Crippen molar-refractivity contribution in [3.05, 3.63) is 33.9 Å². The first-order valence-corrected chi connectivity index (χ1v) is 5.98. The predicted octanol–water partition coefficient (Wildman–Crippen LogP) is 2.10. The van der Waals surface area contributed by atoms with Gasteiger partial charge in [0.05, 0.1) is 0 Å². The van der Waals surface area contributed by atoms with Crippen LogP contribution in [0.2, 0.25) is 0 Å². The van der Waals surface area contributed by atoms with Gasteiger partial charge in [-0.3, -0.25) is 9.89 Å². The molecule has 18 heavy (non-hydrogen) atoms. The van der Waals surface area contributed by atoms with Gasteiger partial charge in [0.2, 0.25) is 5.92 Å². The number of aryl methyl sites for hydroxylation is 1. The molecule has 0 aliphatic heterocycles. The number of hydrogen-bond donors (Lipinski definition) is 1. The minimum atomic E-state index is -2.58. The minimum Gasteiger partial charge on any atom is -0.276 e. The Labute approximate surface area is 102 Å². The van der Waals surface area contributed by atoms with Crippen LogP contribution in [0.25, 0.3) is 5.65 Å². The summed E-state index contributed by atoms with van der Waals surface area (Å²) in [6.07, 6.45) is 0.361. The molecule has 1 saturated carbocycles. The van der Waals surface area contributed by atoms with Crippen LogP contribution >= 0.6 is 0 Å². The number of pyridine rings is 1. The molecule has 1 aliphatic rings. The molecule has 0 atom stereocenters. The van der Waals surface area contributed by atoms with Crippen LogP contribution in [0.3, 0.4) is 0 Å². The van der Waals surface area contributed by atoms with Crippen molar-refractivity contribution in [2.45, 2.75) is 38.0 Å². The standard InChI is InChI=1S/C12H13F2N3O/c1-2-7-3-9-15-11(8-5-12(13,14)6-8)16-17(9)10(18)4-7/h3-4,8H,2,5-6H2,1H3,(H,15,16). The Kier molecular flexibility index (Phi) is 2.30. The van der Waals surface area contributed by atoms with E-state index in [2.05, 4.69) is 10.1 Å². The Bertz CT molecular complexity index is 651. The molecule has 6 heteroatoms. The second kappa shape index (κ2) is 3.63. The maximum atomic E-state index is 12.8. The highest BCUT2D eigenvalue weighted by atomic mass is 19.3. The summed E-state index contributed by atoms with van der Waals surface area (Å²) in [7, 11) is 0. The zero-order valence-corrected chi connectivity index (χ0v) is 9.91. The van der Waals surface area contributed by atoms with E-state index in [1.165, 1.54) is 10.6 Å². The van der Waals surface area contributed by atoms with Crippen molar-refractivity contribution in [1.29, 1.82) is 0 Å². The topological polar surface area (TPSA) is 50.2 Å². The number of rotatable bonds is 2. The van der Waals surface area contributed by atoms with Crippen molar-refractivity contribution >= 4 is 5.65 Å². The number of fused-ring (bicyclic) bond motifs is 1. The smallest absolute Gasteiger partial charge is 0.271 e. The van der Waals surface area contributed by atoms with Gasteiger partial charge in [-0.2, -0.15) is 0 Å². The van der Waals surface area contributed by atoms with Crippen molar-refractivity contribution in [1.82, 2.24) is 14.6 Å². The van der Waals surface area contributed by atoms with E-state index < -0.39 is 5.92 Å². The molecule has 0 bridgehead atoms. The first-order chi connectivity index (χ1) is 8.48. The molecule has 1 fully saturated rings. The number of nitrogens with one attached hydrogen (secondary N) is 1. The Balaban J connectivity index is 2.01. The third-order valence-electron chi connectivity index (χ3n) is 3.42. The molecule has 0 aromatic carbocycles. The van der Waals surface area contributed by atoms with Crippen LogP contribution in [0.4, 0.5) is 8.78 Å². The first kappa shape index (κ1) is 11.4. The number of halogens is 2. The molecule has 0 unspecified atom stereocenters. The fourth-order valence-corrected chi connectivity index (χ4v) is 2.31. The Morgan fingerprint density at radius 2 is 2.22 bits per heavy atom. The van der Waals surface area contributed by atoms with Crippen LogP contribution in [-0.4, -0.2) is 20.5 Å². The number of aromatic nitrogens is 3. The lowest BCUT2D eigenvalue weighted by atomic mass is 9.81. The second-order valence-corrected chi connectivity index (χ2v) is 4.82. The molecule has 0 radical (unpaired) electrons. The molecule has 1 aliphatic carbocycles. The molecule has 0 spiro atoms. The highest BCUT2D eigenvalue weighted by Gasteiger charge is 2.47. The number of alkyl halides is 2. The third-order valence-corrected chi connectivity index (χ3v) is 3.42. The summed E-state index contributed by atoms with van der Waals surface area (Å²) in [5.41, 5.74) is 1.20. The first-order valence-electron chi connectivity index (χ1n) is 5.98. The van der Waals surface area contributed by atoms with Crippen LogP contribution < -0.4 is 5.56 Å². The van der Waals surface area contributed by atoms with Gasteiger partial charge < -0.3 is 0 Å². The highest BCUT2D eigenvalue weighted by molar-refractivity contribution is 5.41. The zero-order valence-electron chi connectivity index (χ0n) is 9.91. The van der Waals surface area contributed by atoms with Crippen LogP contribution in [0, 0.1) is 0 Å². The fourth-order valence-electron chi connectivity index (χ4n) is 2.31. The van der Waals surface area contributed by atoms with Gasteiger partial charge in [0.1, 0.15) is 5.82 Å². The summed E-state index contributed by atoms with van der Waals surface area (Å²) >= 11 is 0. The van der Waals surface area contributed by atoms with Crippen LogP contribution in [0.5, 0.6) is 0 Å². The van der Waals surface area contributed by atoms with E-state index in [1.807, 2.05) is 6.92 Å². The van der Waals surface area contributed by atoms with Crippen LogP contribution in [0.15, 0.2) is 16.9 Å². The van der Waals surface area contributed by atoms with E-state index in [-0.39, 0.29) is 24.3 Å². The summed E-state index contributed by atoms with van der Waals surface area (Å²) in [6.45, 7) is 1.95. The average molecular weight is 253 g/mol. The third kappa shape index (κ3) is 1.72. The molecule has 3 rings (SSSR count). The van der Waals surface area contributed by atoms with Gasteiger partial charge in [-0.15, -0.1) is 0 Å². The molecule has 2 aromatic rings. The van der Waals surface area contributed by atoms with Crippen LogP contribution in [-0.2, 0) is 6.42 Å². The average Bonchev–Trinajstić information content (AvgIpc) is 2.69. The van der Waals surface area contributed by atoms with E-state index in [0.717, 1.165) is 12.0 Å². The summed E-state index contributed by atoms with van der Waals surface area (Å²) in [6, 6.07) is 3.34. The summed E-state index contributed by atoms with van der Waals surface area (Å²) < 4.78 is 26.9. The summed E-state index contributed by atoms with van der Waals surface area (Å²) in [4.78, 5) is 16.0. The molecule has 2 aromatic heterocycles. The van der Waals surface area contributed by atoms with Gasteiger partial charge >= 0.3 is 0 Å². The molecule has 4 nitrogen and oxygen atoms in total. The van der Waals surface area contributed by atoms with Gasteiger partial charge in [-0.1, -0.05) is 6.92 Å². The molecular weight excluding hydrogens is 240 g/mol. The van der Waals surface area contributed by atoms with E-state index in [1.54, 1.807) is 6.07 Å². The Morgan fingerprint density at radius 3 is 2.83 bits per heavy atom. The number of aromatic amines is 1. The van der Waals surface area contributed by atoms with Crippen LogP contribution in [0.1, 0.15) is 37.1 Å². The molecule has 1 N–H and O–H groups in total. The molecule has 0 amide bonds. The van der Waals surface area contributed by atoms with Gasteiger partial charge in [0.15, 0.2) is 5.65 Å². The summed E-state index contributed by atoms with van der Waals surface area (Å²) in [5, 5.41) is 2.81. The van der Waals surface area contributed by atoms with Gasteiger partial charge in [0, 0.05) is 24.8 Å². The normalized spacial score (nSPS) is 19.1. The lowest BCUT2D eigenvalue weighted by Crippen LogP contribution is -2.34. The lowest BCUT2D eigenvalue weighted by molar-refractivity contribution is -0.0884. The predicted molar refractivity (Wildman–Crippen MR) is 62.1 cm³/mol. The lowest BCUT2D eigenvalue weighted by Gasteiger charge is -2.33.